The van der Waals surface area contributed by atoms with E-state index in [0.717, 1.165) is 5.56 Å². The van der Waals surface area contributed by atoms with Crippen LogP contribution in [0.2, 0.25) is 0 Å². The minimum atomic E-state index is -0.370. The van der Waals surface area contributed by atoms with E-state index < -0.39 is 0 Å². The molecule has 23 heavy (non-hydrogen) atoms. The van der Waals surface area contributed by atoms with E-state index in [-0.39, 0.29) is 31.0 Å². The van der Waals surface area contributed by atoms with Gasteiger partial charge in [0, 0.05) is 19.0 Å². The van der Waals surface area contributed by atoms with Gasteiger partial charge in [-0.3, -0.25) is 9.59 Å². The lowest BCUT2D eigenvalue weighted by Crippen LogP contribution is -2.38. The SMILES string of the molecule is CCC(=O)OC(CNC(C)C)COc1ccc(CC(N)=O)cc1. The normalized spacial score (nSPS) is 12.0. The molecule has 1 aromatic rings. The minimum Gasteiger partial charge on any atom is -0.490 e. The zero-order valence-electron chi connectivity index (χ0n) is 14.0. The largest absolute Gasteiger partial charge is 0.490 e. The van der Waals surface area contributed by atoms with Crippen molar-refractivity contribution >= 4 is 11.9 Å². The molecule has 0 saturated heterocycles. The second-order valence-corrected chi connectivity index (χ2v) is 5.63. The van der Waals surface area contributed by atoms with E-state index in [1.807, 2.05) is 13.8 Å². The Morgan fingerprint density at radius 1 is 1.22 bits per heavy atom. The number of amides is 1. The standard InChI is InChI=1S/C17H26N2O4/c1-4-17(21)23-15(10-19-12(2)3)11-22-14-7-5-13(6-8-14)9-16(18)20/h5-8,12,15,19H,4,9-11H2,1-3H3,(H2,18,20). The Balaban J connectivity index is 2.54. The molecule has 1 rings (SSSR count). The van der Waals surface area contributed by atoms with Crippen LogP contribution in [0.3, 0.4) is 0 Å². The van der Waals surface area contributed by atoms with E-state index in [0.29, 0.717) is 24.8 Å². The first-order valence-electron chi connectivity index (χ1n) is 7.83. The van der Waals surface area contributed by atoms with Crippen LogP contribution in [-0.4, -0.2) is 37.2 Å². The van der Waals surface area contributed by atoms with Gasteiger partial charge >= 0.3 is 5.97 Å². The van der Waals surface area contributed by atoms with Gasteiger partial charge in [-0.25, -0.2) is 0 Å². The minimum absolute atomic E-state index is 0.204. The van der Waals surface area contributed by atoms with Crippen LogP contribution in [0, 0.1) is 0 Å². The van der Waals surface area contributed by atoms with Crippen molar-refractivity contribution in [1.82, 2.24) is 5.32 Å². The molecule has 0 aliphatic carbocycles. The van der Waals surface area contributed by atoms with Crippen LogP contribution >= 0.6 is 0 Å². The molecule has 1 amide bonds. The number of nitrogens with one attached hydrogen (secondary N) is 1. The van der Waals surface area contributed by atoms with Crippen LogP contribution in [0.4, 0.5) is 0 Å². The van der Waals surface area contributed by atoms with Gasteiger partial charge in [0.2, 0.25) is 5.91 Å². The summed E-state index contributed by atoms with van der Waals surface area (Å²) in [5.74, 6) is 0.0336. The predicted molar refractivity (Wildman–Crippen MR) is 88.1 cm³/mol. The van der Waals surface area contributed by atoms with Crippen molar-refractivity contribution in [2.24, 2.45) is 5.73 Å². The molecule has 128 valence electrons. The van der Waals surface area contributed by atoms with Gasteiger partial charge in [-0.2, -0.15) is 0 Å². The summed E-state index contributed by atoms with van der Waals surface area (Å²) in [4.78, 5) is 22.3. The van der Waals surface area contributed by atoms with Crippen LogP contribution in [0.5, 0.6) is 5.75 Å². The molecule has 6 heteroatoms. The predicted octanol–water partition coefficient (Wildman–Crippen LogP) is 1.41. The van der Waals surface area contributed by atoms with Gasteiger partial charge in [-0.1, -0.05) is 32.9 Å². The molecule has 1 aromatic carbocycles. The quantitative estimate of drug-likeness (QED) is 0.636. The fraction of sp³-hybridized carbons (Fsp3) is 0.529. The summed E-state index contributed by atoms with van der Waals surface area (Å²) in [7, 11) is 0. The van der Waals surface area contributed by atoms with Crippen LogP contribution in [0.25, 0.3) is 0 Å². The van der Waals surface area contributed by atoms with Crippen molar-refractivity contribution in [3.05, 3.63) is 29.8 Å². The van der Waals surface area contributed by atoms with Crippen molar-refractivity contribution in [3.63, 3.8) is 0 Å². The summed E-state index contributed by atoms with van der Waals surface area (Å²) in [6.45, 7) is 6.60. The third kappa shape index (κ3) is 8.21. The maximum Gasteiger partial charge on any atom is 0.305 e. The molecule has 0 fully saturated rings. The van der Waals surface area contributed by atoms with E-state index in [9.17, 15) is 9.59 Å². The Hall–Kier alpha value is -2.08. The molecule has 1 atom stereocenters. The second kappa shape index (κ2) is 9.84. The maximum absolute atomic E-state index is 11.5. The number of esters is 1. The average molecular weight is 322 g/mol. The lowest BCUT2D eigenvalue weighted by atomic mass is 10.1. The summed E-state index contributed by atoms with van der Waals surface area (Å²) in [5.41, 5.74) is 5.99. The fourth-order valence-electron chi connectivity index (χ4n) is 1.86. The summed E-state index contributed by atoms with van der Waals surface area (Å²) in [6.07, 6.45) is 0.185. The van der Waals surface area contributed by atoms with Gasteiger partial charge in [0.1, 0.15) is 18.5 Å². The van der Waals surface area contributed by atoms with Crippen molar-refractivity contribution in [2.45, 2.75) is 45.8 Å². The van der Waals surface area contributed by atoms with Crippen LogP contribution < -0.4 is 15.8 Å². The molecule has 0 aliphatic rings. The van der Waals surface area contributed by atoms with Gasteiger partial charge in [0.25, 0.3) is 0 Å². The summed E-state index contributed by atoms with van der Waals surface area (Å²) in [6, 6.07) is 7.42. The van der Waals surface area contributed by atoms with Crippen molar-refractivity contribution in [1.29, 1.82) is 0 Å². The molecule has 0 heterocycles. The first kappa shape index (κ1) is 19.0. The number of carbonyl (C=O) groups is 2. The fourth-order valence-corrected chi connectivity index (χ4v) is 1.86. The Morgan fingerprint density at radius 2 is 1.87 bits per heavy atom. The van der Waals surface area contributed by atoms with Gasteiger partial charge in [-0.15, -0.1) is 0 Å². The second-order valence-electron chi connectivity index (χ2n) is 5.63. The molecule has 0 bridgehead atoms. The van der Waals surface area contributed by atoms with Gasteiger partial charge in [-0.05, 0) is 17.7 Å². The first-order chi connectivity index (χ1) is 10.9. The van der Waals surface area contributed by atoms with Gasteiger partial charge in [0.15, 0.2) is 0 Å². The zero-order chi connectivity index (χ0) is 17.2. The Morgan fingerprint density at radius 3 is 2.39 bits per heavy atom. The topological polar surface area (TPSA) is 90.7 Å². The van der Waals surface area contributed by atoms with Crippen molar-refractivity contribution < 1.29 is 19.1 Å². The molecular formula is C17H26N2O4. The third-order valence-electron chi connectivity index (χ3n) is 3.08. The maximum atomic E-state index is 11.5. The van der Waals surface area contributed by atoms with Crippen molar-refractivity contribution in [3.8, 4) is 5.75 Å². The van der Waals surface area contributed by atoms with E-state index in [4.69, 9.17) is 15.2 Å². The third-order valence-corrected chi connectivity index (χ3v) is 3.08. The molecule has 0 spiro atoms. The number of rotatable bonds is 10. The Labute approximate surface area is 137 Å². The number of nitrogens with two attached hydrogens (primary N) is 1. The van der Waals surface area contributed by atoms with E-state index >= 15 is 0 Å². The van der Waals surface area contributed by atoms with Crippen LogP contribution in [0.15, 0.2) is 24.3 Å². The van der Waals surface area contributed by atoms with Gasteiger partial charge < -0.3 is 20.5 Å². The lowest BCUT2D eigenvalue weighted by molar-refractivity contribution is -0.150. The molecule has 6 nitrogen and oxygen atoms in total. The molecule has 0 aliphatic heterocycles. The summed E-state index contributed by atoms with van der Waals surface area (Å²) < 4.78 is 11.0. The highest BCUT2D eigenvalue weighted by molar-refractivity contribution is 5.76. The van der Waals surface area contributed by atoms with Gasteiger partial charge in [0.05, 0.1) is 6.42 Å². The van der Waals surface area contributed by atoms with E-state index in [1.165, 1.54) is 0 Å². The monoisotopic (exact) mass is 322 g/mol. The smallest absolute Gasteiger partial charge is 0.305 e. The lowest BCUT2D eigenvalue weighted by Gasteiger charge is -2.20. The van der Waals surface area contributed by atoms with E-state index in [2.05, 4.69) is 5.32 Å². The molecule has 0 aromatic heterocycles. The van der Waals surface area contributed by atoms with Crippen LogP contribution in [0.1, 0.15) is 32.8 Å². The number of hydrogen-bond acceptors (Lipinski definition) is 5. The molecule has 0 saturated carbocycles. The van der Waals surface area contributed by atoms with Crippen LogP contribution in [-0.2, 0) is 20.7 Å². The number of benzene rings is 1. The highest BCUT2D eigenvalue weighted by Crippen LogP contribution is 2.13. The number of primary amides is 1. The highest BCUT2D eigenvalue weighted by atomic mass is 16.6. The molecule has 0 radical (unpaired) electrons. The Bertz CT molecular complexity index is 500. The number of ether oxygens (including phenoxy) is 2. The summed E-state index contributed by atoms with van der Waals surface area (Å²) >= 11 is 0. The Kier molecular flexibility index (Phi) is 8.11. The average Bonchev–Trinajstić information content (AvgIpc) is 2.50. The first-order valence-corrected chi connectivity index (χ1v) is 7.83. The molecule has 1 unspecified atom stereocenters. The van der Waals surface area contributed by atoms with E-state index in [1.54, 1.807) is 31.2 Å². The highest BCUT2D eigenvalue weighted by Gasteiger charge is 2.15. The molecular weight excluding hydrogens is 296 g/mol. The molecule has 3 N–H and O–H groups in total. The van der Waals surface area contributed by atoms with Crippen molar-refractivity contribution in [2.75, 3.05) is 13.2 Å². The number of hydrogen-bond donors (Lipinski definition) is 2. The zero-order valence-corrected chi connectivity index (χ0v) is 14.0. The number of carbonyl (C=O) groups excluding carboxylic acids is 2. The summed E-state index contributed by atoms with van der Waals surface area (Å²) in [5, 5.41) is 3.23.